The van der Waals surface area contributed by atoms with Crippen LogP contribution in [0, 0.1) is 17.8 Å². The van der Waals surface area contributed by atoms with Gasteiger partial charge in [0.25, 0.3) is 0 Å². The molecule has 2 aliphatic carbocycles. The van der Waals surface area contributed by atoms with Crippen LogP contribution in [0.2, 0.25) is 0 Å². The van der Waals surface area contributed by atoms with Gasteiger partial charge in [0.2, 0.25) is 0 Å². The minimum Gasteiger partial charge on any atom is -0.508 e. The van der Waals surface area contributed by atoms with Crippen molar-refractivity contribution in [2.24, 2.45) is 17.8 Å². The van der Waals surface area contributed by atoms with E-state index in [1.165, 1.54) is 42.4 Å². The van der Waals surface area contributed by atoms with Crippen molar-refractivity contribution in [3.63, 3.8) is 0 Å². The molecular formula is C20H28O. The zero-order chi connectivity index (χ0) is 15.2. The summed E-state index contributed by atoms with van der Waals surface area (Å²) < 4.78 is 0. The van der Waals surface area contributed by atoms with Gasteiger partial charge in [-0.2, -0.15) is 0 Å². The molecule has 1 N–H and O–H groups in total. The molecule has 0 aliphatic heterocycles. The van der Waals surface area contributed by atoms with Gasteiger partial charge in [0.05, 0.1) is 0 Å². The Balaban J connectivity index is 1.96. The van der Waals surface area contributed by atoms with Crippen molar-refractivity contribution in [3.8, 4) is 5.75 Å². The zero-order valence-corrected chi connectivity index (χ0v) is 13.8. The summed E-state index contributed by atoms with van der Waals surface area (Å²) in [5.41, 5.74) is 4.57. The van der Waals surface area contributed by atoms with Crippen molar-refractivity contribution in [1.82, 2.24) is 0 Å². The van der Waals surface area contributed by atoms with Gasteiger partial charge in [-0.3, -0.25) is 0 Å². The normalized spacial score (nSPS) is 34.2. The number of allylic oxidation sites excluding steroid dienone is 2. The maximum Gasteiger partial charge on any atom is 0.115 e. The summed E-state index contributed by atoms with van der Waals surface area (Å²) in [5.74, 6) is 2.74. The van der Waals surface area contributed by atoms with E-state index in [1.54, 1.807) is 0 Å². The molecular weight excluding hydrogens is 256 g/mol. The average Bonchev–Trinajstić information content (AvgIpc) is 2.43. The smallest absolute Gasteiger partial charge is 0.115 e. The molecule has 0 amide bonds. The Bertz CT molecular complexity index is 567. The van der Waals surface area contributed by atoms with Gasteiger partial charge in [0.15, 0.2) is 0 Å². The highest BCUT2D eigenvalue weighted by Crippen LogP contribution is 2.55. The molecule has 21 heavy (non-hydrogen) atoms. The molecule has 1 heteroatoms. The fourth-order valence-corrected chi connectivity index (χ4v) is 4.74. The zero-order valence-electron chi connectivity index (χ0n) is 13.8. The molecule has 3 rings (SSSR count). The minimum absolute atomic E-state index is 0.248. The van der Waals surface area contributed by atoms with Crippen LogP contribution < -0.4 is 0 Å². The number of fused-ring (bicyclic) bond motifs is 4. The number of hydrogen-bond donors (Lipinski definition) is 1. The van der Waals surface area contributed by atoms with E-state index in [0.29, 0.717) is 11.7 Å². The molecule has 0 radical (unpaired) electrons. The van der Waals surface area contributed by atoms with Gasteiger partial charge in [0, 0.05) is 0 Å². The lowest BCUT2D eigenvalue weighted by Crippen LogP contribution is -2.47. The van der Waals surface area contributed by atoms with E-state index in [1.807, 2.05) is 12.1 Å². The molecule has 0 spiro atoms. The lowest BCUT2D eigenvalue weighted by atomic mass is 9.51. The minimum atomic E-state index is 0.248. The SMILES string of the molecule is CC(C)=CCC1CC[C@@]2(C)c3cc(O)ccc3C[C@@H]1[C@@H]2C. The maximum atomic E-state index is 9.88. The van der Waals surface area contributed by atoms with Crippen LogP contribution in [0.5, 0.6) is 5.75 Å². The number of phenolic OH excluding ortho intramolecular Hbond substituents is 1. The lowest BCUT2D eigenvalue weighted by Gasteiger charge is -2.53. The first-order valence-electron chi connectivity index (χ1n) is 8.37. The van der Waals surface area contributed by atoms with E-state index in [0.717, 1.165) is 11.8 Å². The topological polar surface area (TPSA) is 20.2 Å². The monoisotopic (exact) mass is 284 g/mol. The van der Waals surface area contributed by atoms with Gasteiger partial charge in [-0.15, -0.1) is 0 Å². The van der Waals surface area contributed by atoms with Crippen LogP contribution in [0.4, 0.5) is 0 Å². The second kappa shape index (κ2) is 5.19. The summed E-state index contributed by atoms with van der Waals surface area (Å²) in [6.07, 6.45) is 7.42. The molecule has 0 aromatic heterocycles. The average molecular weight is 284 g/mol. The van der Waals surface area contributed by atoms with Crippen molar-refractivity contribution in [3.05, 3.63) is 41.0 Å². The third kappa shape index (κ3) is 2.41. The summed E-state index contributed by atoms with van der Waals surface area (Å²) in [4.78, 5) is 0. The summed E-state index contributed by atoms with van der Waals surface area (Å²) in [6, 6.07) is 6.04. The van der Waals surface area contributed by atoms with Crippen LogP contribution in [0.25, 0.3) is 0 Å². The van der Waals surface area contributed by atoms with Crippen LogP contribution in [0.3, 0.4) is 0 Å². The van der Waals surface area contributed by atoms with E-state index in [9.17, 15) is 5.11 Å². The van der Waals surface area contributed by atoms with Crippen molar-refractivity contribution in [1.29, 1.82) is 0 Å². The molecule has 0 saturated heterocycles. The van der Waals surface area contributed by atoms with Gasteiger partial charge >= 0.3 is 0 Å². The Labute approximate surface area is 129 Å². The maximum absolute atomic E-state index is 9.88. The Kier molecular flexibility index (Phi) is 3.63. The van der Waals surface area contributed by atoms with Gasteiger partial charge in [-0.1, -0.05) is 31.6 Å². The highest BCUT2D eigenvalue weighted by molar-refractivity contribution is 5.43. The van der Waals surface area contributed by atoms with E-state index >= 15 is 0 Å². The highest BCUT2D eigenvalue weighted by atomic mass is 16.3. The van der Waals surface area contributed by atoms with Crippen LogP contribution >= 0.6 is 0 Å². The van der Waals surface area contributed by atoms with Crippen molar-refractivity contribution in [2.45, 2.75) is 58.8 Å². The second-order valence-corrected chi connectivity index (χ2v) is 7.73. The fraction of sp³-hybridized carbons (Fsp3) is 0.600. The van der Waals surface area contributed by atoms with Gasteiger partial charge in [-0.25, -0.2) is 0 Å². The molecule has 4 atom stereocenters. The number of hydrogen-bond acceptors (Lipinski definition) is 1. The summed E-state index contributed by atoms with van der Waals surface area (Å²) in [6.45, 7) is 9.26. The Morgan fingerprint density at radius 1 is 1.38 bits per heavy atom. The molecule has 0 heterocycles. The van der Waals surface area contributed by atoms with E-state index in [2.05, 4.69) is 39.8 Å². The van der Waals surface area contributed by atoms with Crippen molar-refractivity contribution < 1.29 is 5.11 Å². The number of phenols is 1. The van der Waals surface area contributed by atoms with Crippen molar-refractivity contribution in [2.75, 3.05) is 0 Å². The predicted molar refractivity (Wildman–Crippen MR) is 88.6 cm³/mol. The third-order valence-corrected chi connectivity index (χ3v) is 6.28. The molecule has 1 saturated carbocycles. The second-order valence-electron chi connectivity index (χ2n) is 7.73. The lowest BCUT2D eigenvalue weighted by molar-refractivity contribution is 0.0679. The Morgan fingerprint density at radius 3 is 2.86 bits per heavy atom. The summed E-state index contributed by atoms with van der Waals surface area (Å²) >= 11 is 0. The molecule has 1 fully saturated rings. The van der Waals surface area contributed by atoms with Crippen molar-refractivity contribution >= 4 is 0 Å². The van der Waals surface area contributed by atoms with Gasteiger partial charge in [-0.05, 0) is 86.0 Å². The first-order valence-corrected chi connectivity index (χ1v) is 8.37. The van der Waals surface area contributed by atoms with Crippen LogP contribution in [0.15, 0.2) is 29.8 Å². The molecule has 2 aliphatic rings. The Morgan fingerprint density at radius 2 is 2.14 bits per heavy atom. The molecule has 2 bridgehead atoms. The van der Waals surface area contributed by atoms with Gasteiger partial charge < -0.3 is 5.11 Å². The molecule has 1 aromatic rings. The van der Waals surface area contributed by atoms with Gasteiger partial charge in [0.1, 0.15) is 5.75 Å². The number of rotatable bonds is 2. The largest absolute Gasteiger partial charge is 0.508 e. The van der Waals surface area contributed by atoms with E-state index < -0.39 is 0 Å². The third-order valence-electron chi connectivity index (χ3n) is 6.28. The quantitative estimate of drug-likeness (QED) is 0.738. The van der Waals surface area contributed by atoms with Crippen LogP contribution in [0.1, 0.15) is 58.1 Å². The molecule has 1 unspecified atom stereocenters. The highest BCUT2D eigenvalue weighted by Gasteiger charge is 2.48. The summed E-state index contributed by atoms with van der Waals surface area (Å²) in [5, 5.41) is 9.88. The van der Waals surface area contributed by atoms with Crippen LogP contribution in [-0.2, 0) is 11.8 Å². The first kappa shape index (κ1) is 14.7. The molecule has 114 valence electrons. The predicted octanol–water partition coefficient (Wildman–Crippen LogP) is 5.22. The standard InChI is InChI=1S/C20H28O/c1-13(2)5-6-15-9-10-20(4)14(3)18(15)11-16-7-8-17(21)12-19(16)20/h5,7-8,12,14-15,18,21H,6,9-11H2,1-4H3/t14-,15?,18+,20+/m0/s1. The Hall–Kier alpha value is -1.24. The molecule has 1 nitrogen and oxygen atoms in total. The van der Waals surface area contributed by atoms with Crippen LogP contribution in [-0.4, -0.2) is 5.11 Å². The number of benzene rings is 1. The first-order chi connectivity index (χ1) is 9.91. The van der Waals surface area contributed by atoms with E-state index in [4.69, 9.17) is 0 Å². The summed E-state index contributed by atoms with van der Waals surface area (Å²) in [7, 11) is 0. The van der Waals surface area contributed by atoms with E-state index in [-0.39, 0.29) is 5.41 Å². The number of aromatic hydroxyl groups is 1. The molecule has 1 aromatic carbocycles. The fourth-order valence-electron chi connectivity index (χ4n) is 4.74.